The smallest absolute Gasteiger partial charge is 0.344 e. The molecule has 0 saturated heterocycles. The van der Waals surface area contributed by atoms with Gasteiger partial charge in [-0.3, -0.25) is 9.59 Å². The van der Waals surface area contributed by atoms with E-state index in [-0.39, 0.29) is 12.4 Å². The van der Waals surface area contributed by atoms with Gasteiger partial charge in [0.1, 0.15) is 5.75 Å². The quantitative estimate of drug-likeness (QED) is 0.605. The Kier molecular flexibility index (Phi) is 6.46. The van der Waals surface area contributed by atoms with Crippen LogP contribution in [0.3, 0.4) is 0 Å². The van der Waals surface area contributed by atoms with E-state index >= 15 is 0 Å². The molecule has 0 fully saturated rings. The van der Waals surface area contributed by atoms with Gasteiger partial charge in [0.15, 0.2) is 19.0 Å². The third kappa shape index (κ3) is 5.76. The lowest BCUT2D eigenvalue weighted by Crippen LogP contribution is -2.23. The van der Waals surface area contributed by atoms with Gasteiger partial charge in [-0.2, -0.15) is 5.26 Å². The maximum absolute atomic E-state index is 11.7. The van der Waals surface area contributed by atoms with Gasteiger partial charge in [0.05, 0.1) is 11.6 Å². The van der Waals surface area contributed by atoms with E-state index in [1.807, 2.05) is 6.07 Å². The summed E-state index contributed by atoms with van der Waals surface area (Å²) in [5.41, 5.74) is 1.51. The Bertz CT molecular complexity index is 836. The summed E-state index contributed by atoms with van der Waals surface area (Å²) in [5.74, 6) is -0.859. The Morgan fingerprint density at radius 1 is 1.00 bits per heavy atom. The van der Waals surface area contributed by atoms with Crippen molar-refractivity contribution in [3.8, 4) is 11.8 Å². The summed E-state index contributed by atoms with van der Waals surface area (Å²) >= 11 is 0. The summed E-state index contributed by atoms with van der Waals surface area (Å²) in [4.78, 5) is 34.5. The monoisotopic (exact) mass is 352 g/mol. The molecule has 1 amide bonds. The van der Waals surface area contributed by atoms with Gasteiger partial charge in [0.2, 0.25) is 0 Å². The minimum atomic E-state index is -0.698. The molecule has 0 spiro atoms. The molecule has 26 heavy (non-hydrogen) atoms. The zero-order valence-corrected chi connectivity index (χ0v) is 14.0. The number of rotatable bonds is 7. The summed E-state index contributed by atoms with van der Waals surface area (Å²) in [7, 11) is 0. The van der Waals surface area contributed by atoms with E-state index in [9.17, 15) is 14.4 Å². The first kappa shape index (κ1) is 18.7. The number of anilines is 1. The number of benzene rings is 2. The van der Waals surface area contributed by atoms with Crippen LogP contribution in [0, 0.1) is 11.3 Å². The topological polar surface area (TPSA) is 105 Å². The molecule has 2 aromatic rings. The van der Waals surface area contributed by atoms with Crippen LogP contribution in [0.5, 0.6) is 5.75 Å². The Morgan fingerprint density at radius 3 is 2.23 bits per heavy atom. The van der Waals surface area contributed by atoms with Crippen molar-refractivity contribution in [3.63, 3.8) is 0 Å². The van der Waals surface area contributed by atoms with Gasteiger partial charge in [0, 0.05) is 11.3 Å². The van der Waals surface area contributed by atoms with Crippen LogP contribution < -0.4 is 10.1 Å². The minimum Gasteiger partial charge on any atom is -0.482 e. The molecule has 0 heterocycles. The molecule has 0 radical (unpaired) electrons. The highest BCUT2D eigenvalue weighted by Crippen LogP contribution is 2.12. The van der Waals surface area contributed by atoms with Crippen LogP contribution in [0.4, 0.5) is 5.69 Å². The SMILES string of the molecule is CC(=O)c1ccc(OCC(=O)OCC(=O)Nc2ccc(C#N)cc2)cc1. The second kappa shape index (κ2) is 8.99. The standard InChI is InChI=1S/C19H16N2O5/c1-13(22)15-4-8-17(9-5-15)25-12-19(24)26-11-18(23)21-16-6-2-14(10-20)3-7-16/h2-9H,11-12H2,1H3,(H,21,23). The van der Waals surface area contributed by atoms with Gasteiger partial charge in [-0.25, -0.2) is 4.79 Å². The van der Waals surface area contributed by atoms with Gasteiger partial charge in [-0.15, -0.1) is 0 Å². The maximum atomic E-state index is 11.7. The van der Waals surface area contributed by atoms with E-state index in [4.69, 9.17) is 14.7 Å². The van der Waals surface area contributed by atoms with E-state index in [1.54, 1.807) is 48.5 Å². The van der Waals surface area contributed by atoms with Crippen molar-refractivity contribution < 1.29 is 23.9 Å². The van der Waals surface area contributed by atoms with Crippen molar-refractivity contribution in [1.82, 2.24) is 0 Å². The van der Waals surface area contributed by atoms with E-state index in [0.29, 0.717) is 22.6 Å². The fourth-order valence-corrected chi connectivity index (χ4v) is 1.94. The fourth-order valence-electron chi connectivity index (χ4n) is 1.94. The molecular weight excluding hydrogens is 336 g/mol. The van der Waals surface area contributed by atoms with E-state index < -0.39 is 18.5 Å². The van der Waals surface area contributed by atoms with Gasteiger partial charge < -0.3 is 14.8 Å². The van der Waals surface area contributed by atoms with Crippen LogP contribution >= 0.6 is 0 Å². The van der Waals surface area contributed by atoms with Crippen molar-refractivity contribution >= 4 is 23.3 Å². The number of hydrogen-bond acceptors (Lipinski definition) is 6. The third-order valence-corrected chi connectivity index (χ3v) is 3.28. The van der Waals surface area contributed by atoms with E-state index in [2.05, 4.69) is 5.32 Å². The second-order valence-electron chi connectivity index (χ2n) is 5.27. The zero-order valence-electron chi connectivity index (χ0n) is 14.0. The highest BCUT2D eigenvalue weighted by atomic mass is 16.6. The normalized spacial score (nSPS) is 9.69. The predicted molar refractivity (Wildman–Crippen MR) is 92.7 cm³/mol. The first-order chi connectivity index (χ1) is 12.5. The van der Waals surface area contributed by atoms with Crippen molar-refractivity contribution in [2.24, 2.45) is 0 Å². The first-order valence-electron chi connectivity index (χ1n) is 7.67. The fraction of sp³-hybridized carbons (Fsp3) is 0.158. The summed E-state index contributed by atoms with van der Waals surface area (Å²) in [6.45, 7) is 0.644. The molecule has 2 rings (SSSR count). The number of amides is 1. The molecule has 132 valence electrons. The Hall–Kier alpha value is -3.66. The number of nitrogens with zero attached hydrogens (tertiary/aromatic N) is 1. The molecule has 7 nitrogen and oxygen atoms in total. The molecule has 7 heteroatoms. The first-order valence-corrected chi connectivity index (χ1v) is 7.67. The maximum Gasteiger partial charge on any atom is 0.344 e. The van der Waals surface area contributed by atoms with Crippen molar-refractivity contribution in [3.05, 3.63) is 59.7 Å². The number of esters is 1. The van der Waals surface area contributed by atoms with Crippen LogP contribution in [0.15, 0.2) is 48.5 Å². The molecule has 0 aromatic heterocycles. The Labute approximate surface area is 150 Å². The molecule has 2 aromatic carbocycles. The van der Waals surface area contributed by atoms with E-state index in [0.717, 1.165) is 0 Å². The molecule has 0 aliphatic carbocycles. The number of carbonyl (C=O) groups is 3. The third-order valence-electron chi connectivity index (χ3n) is 3.28. The van der Waals surface area contributed by atoms with Gasteiger partial charge in [-0.05, 0) is 55.5 Å². The van der Waals surface area contributed by atoms with Gasteiger partial charge in [0.25, 0.3) is 5.91 Å². The largest absolute Gasteiger partial charge is 0.482 e. The number of nitrogens with one attached hydrogen (secondary N) is 1. The van der Waals surface area contributed by atoms with Gasteiger partial charge in [-0.1, -0.05) is 0 Å². The molecule has 0 aliphatic heterocycles. The van der Waals surface area contributed by atoms with Crippen LogP contribution in [0.2, 0.25) is 0 Å². The van der Waals surface area contributed by atoms with Crippen LogP contribution in [-0.2, 0) is 14.3 Å². The zero-order chi connectivity index (χ0) is 18.9. The number of nitriles is 1. The van der Waals surface area contributed by atoms with Gasteiger partial charge >= 0.3 is 5.97 Å². The summed E-state index contributed by atoms with van der Waals surface area (Å²) < 4.78 is 10.1. The predicted octanol–water partition coefficient (Wildman–Crippen LogP) is 2.32. The van der Waals surface area contributed by atoms with Crippen molar-refractivity contribution in [1.29, 1.82) is 5.26 Å². The highest BCUT2D eigenvalue weighted by Gasteiger charge is 2.09. The van der Waals surface area contributed by atoms with Crippen molar-refractivity contribution in [2.45, 2.75) is 6.92 Å². The van der Waals surface area contributed by atoms with Crippen LogP contribution in [0.1, 0.15) is 22.8 Å². The number of hydrogen-bond donors (Lipinski definition) is 1. The summed E-state index contributed by atoms with van der Waals surface area (Å²) in [6, 6.07) is 14.6. The average molecular weight is 352 g/mol. The number of Topliss-reactive ketones (excluding diaryl/α,β-unsaturated/α-hetero) is 1. The molecule has 0 aliphatic rings. The average Bonchev–Trinajstić information content (AvgIpc) is 2.65. The molecule has 0 bridgehead atoms. The van der Waals surface area contributed by atoms with E-state index in [1.165, 1.54) is 6.92 Å². The second-order valence-corrected chi connectivity index (χ2v) is 5.27. The molecular formula is C19H16N2O5. The minimum absolute atomic E-state index is 0.0655. The van der Waals surface area contributed by atoms with Crippen LogP contribution in [-0.4, -0.2) is 30.9 Å². The Morgan fingerprint density at radius 2 is 1.65 bits per heavy atom. The summed E-state index contributed by atoms with van der Waals surface area (Å²) in [5, 5.41) is 11.2. The highest BCUT2D eigenvalue weighted by molar-refractivity contribution is 5.94. The summed E-state index contributed by atoms with van der Waals surface area (Å²) in [6.07, 6.45) is 0. The lowest BCUT2D eigenvalue weighted by molar-refractivity contribution is -0.149. The molecule has 1 N–H and O–H groups in total. The van der Waals surface area contributed by atoms with Crippen molar-refractivity contribution in [2.75, 3.05) is 18.5 Å². The molecule has 0 unspecified atom stereocenters. The van der Waals surface area contributed by atoms with Crippen LogP contribution in [0.25, 0.3) is 0 Å². The number of carbonyl (C=O) groups excluding carboxylic acids is 3. The molecule has 0 atom stereocenters. The Balaban J connectivity index is 1.72. The number of ether oxygens (including phenoxy) is 2. The number of ketones is 1. The lowest BCUT2D eigenvalue weighted by Gasteiger charge is -2.08. The molecule has 0 saturated carbocycles. The lowest BCUT2D eigenvalue weighted by atomic mass is 10.1.